The molecule has 0 aliphatic rings. The molecule has 0 heterocycles. The second-order valence-electron chi connectivity index (χ2n) is 3.91. The van der Waals surface area contributed by atoms with E-state index in [9.17, 15) is 9.50 Å². The molecule has 0 saturated carbocycles. The molecule has 0 spiro atoms. The molecule has 0 saturated heterocycles. The third-order valence-corrected chi connectivity index (χ3v) is 3.26. The molecule has 2 aromatic carbocycles. The molecule has 0 fully saturated rings. The van der Waals surface area contributed by atoms with Crippen LogP contribution in [0.25, 0.3) is 0 Å². The van der Waals surface area contributed by atoms with E-state index in [4.69, 9.17) is 0 Å². The molecule has 17 heavy (non-hydrogen) atoms. The van der Waals surface area contributed by atoms with E-state index >= 15 is 0 Å². The topological polar surface area (TPSA) is 20.2 Å². The number of aliphatic hydroxyl groups is 1. The largest absolute Gasteiger partial charge is 0.384 e. The maximum absolute atomic E-state index is 13.4. The Morgan fingerprint density at radius 1 is 1.18 bits per heavy atom. The van der Waals surface area contributed by atoms with Crippen molar-refractivity contribution in [2.45, 2.75) is 13.0 Å². The third-order valence-electron chi connectivity index (χ3n) is 2.77. The smallest absolute Gasteiger partial charge is 0.126 e. The van der Waals surface area contributed by atoms with E-state index < -0.39 is 6.10 Å². The summed E-state index contributed by atoms with van der Waals surface area (Å²) in [6, 6.07) is 12.1. The zero-order valence-electron chi connectivity index (χ0n) is 9.32. The molecule has 1 N–H and O–H groups in total. The third kappa shape index (κ3) is 2.56. The maximum Gasteiger partial charge on any atom is 0.126 e. The van der Waals surface area contributed by atoms with Gasteiger partial charge in [-0.1, -0.05) is 40.2 Å². The SMILES string of the molecule is Cc1c(F)cccc1[C@@H](O)c1cccc(Br)c1. The lowest BCUT2D eigenvalue weighted by molar-refractivity contribution is 0.219. The summed E-state index contributed by atoms with van der Waals surface area (Å²) in [4.78, 5) is 0. The van der Waals surface area contributed by atoms with Gasteiger partial charge in [-0.05, 0) is 41.8 Å². The van der Waals surface area contributed by atoms with E-state index in [0.29, 0.717) is 11.1 Å². The van der Waals surface area contributed by atoms with Gasteiger partial charge in [0.25, 0.3) is 0 Å². The van der Waals surface area contributed by atoms with Crippen molar-refractivity contribution in [3.05, 3.63) is 69.4 Å². The zero-order valence-corrected chi connectivity index (χ0v) is 10.9. The van der Waals surface area contributed by atoms with Crippen molar-refractivity contribution in [1.82, 2.24) is 0 Å². The van der Waals surface area contributed by atoms with Crippen LogP contribution in [0.15, 0.2) is 46.9 Å². The first-order valence-electron chi connectivity index (χ1n) is 5.28. The first-order valence-corrected chi connectivity index (χ1v) is 6.07. The number of benzene rings is 2. The molecule has 0 aliphatic carbocycles. The Balaban J connectivity index is 2.44. The van der Waals surface area contributed by atoms with Crippen LogP contribution in [0.4, 0.5) is 4.39 Å². The average molecular weight is 295 g/mol. The highest BCUT2D eigenvalue weighted by atomic mass is 79.9. The monoisotopic (exact) mass is 294 g/mol. The van der Waals surface area contributed by atoms with Crippen LogP contribution in [0.1, 0.15) is 22.8 Å². The number of rotatable bonds is 2. The predicted molar refractivity (Wildman–Crippen MR) is 69.3 cm³/mol. The van der Waals surface area contributed by atoms with Crippen molar-refractivity contribution in [2.75, 3.05) is 0 Å². The highest BCUT2D eigenvalue weighted by Gasteiger charge is 2.14. The van der Waals surface area contributed by atoms with E-state index in [0.717, 1.165) is 10.0 Å². The Morgan fingerprint density at radius 3 is 2.59 bits per heavy atom. The summed E-state index contributed by atoms with van der Waals surface area (Å²) in [7, 11) is 0. The van der Waals surface area contributed by atoms with Gasteiger partial charge in [0.15, 0.2) is 0 Å². The quantitative estimate of drug-likeness (QED) is 0.888. The second kappa shape index (κ2) is 4.98. The van der Waals surface area contributed by atoms with Gasteiger partial charge < -0.3 is 5.11 Å². The van der Waals surface area contributed by atoms with Crippen LogP contribution in [0, 0.1) is 12.7 Å². The van der Waals surface area contributed by atoms with Crippen molar-refractivity contribution >= 4 is 15.9 Å². The Morgan fingerprint density at radius 2 is 1.88 bits per heavy atom. The lowest BCUT2D eigenvalue weighted by Crippen LogP contribution is -2.03. The molecule has 1 nitrogen and oxygen atoms in total. The van der Waals surface area contributed by atoms with Gasteiger partial charge in [-0.15, -0.1) is 0 Å². The van der Waals surface area contributed by atoms with Gasteiger partial charge in [-0.25, -0.2) is 4.39 Å². The number of halogens is 2. The highest BCUT2D eigenvalue weighted by molar-refractivity contribution is 9.10. The summed E-state index contributed by atoms with van der Waals surface area (Å²) >= 11 is 3.35. The summed E-state index contributed by atoms with van der Waals surface area (Å²) in [6.45, 7) is 1.67. The van der Waals surface area contributed by atoms with E-state index in [-0.39, 0.29) is 5.82 Å². The molecule has 0 unspecified atom stereocenters. The molecular weight excluding hydrogens is 283 g/mol. The molecule has 1 atom stereocenters. The fourth-order valence-electron chi connectivity index (χ4n) is 1.78. The summed E-state index contributed by atoms with van der Waals surface area (Å²) < 4.78 is 14.3. The fourth-order valence-corrected chi connectivity index (χ4v) is 2.19. The fraction of sp³-hybridized carbons (Fsp3) is 0.143. The Bertz CT molecular complexity index is 539. The van der Waals surface area contributed by atoms with Crippen LogP contribution in [0.5, 0.6) is 0 Å². The molecule has 0 aliphatic heterocycles. The van der Waals surface area contributed by atoms with Gasteiger partial charge in [0.1, 0.15) is 11.9 Å². The molecule has 0 aromatic heterocycles. The minimum Gasteiger partial charge on any atom is -0.384 e. The molecular formula is C14H12BrFO. The van der Waals surface area contributed by atoms with Crippen LogP contribution in [0.2, 0.25) is 0 Å². The van der Waals surface area contributed by atoms with Crippen molar-refractivity contribution in [3.63, 3.8) is 0 Å². The van der Waals surface area contributed by atoms with Gasteiger partial charge in [0, 0.05) is 4.47 Å². The first-order chi connectivity index (χ1) is 8.09. The van der Waals surface area contributed by atoms with Crippen LogP contribution in [-0.2, 0) is 0 Å². The molecule has 88 valence electrons. The lowest BCUT2D eigenvalue weighted by Gasteiger charge is -2.14. The van der Waals surface area contributed by atoms with Gasteiger partial charge in [-0.3, -0.25) is 0 Å². The minimum atomic E-state index is -0.803. The van der Waals surface area contributed by atoms with E-state index in [1.165, 1.54) is 6.07 Å². The Kier molecular flexibility index (Phi) is 3.60. The summed E-state index contributed by atoms with van der Waals surface area (Å²) in [6.07, 6.45) is -0.803. The van der Waals surface area contributed by atoms with Crippen molar-refractivity contribution < 1.29 is 9.50 Å². The predicted octanol–water partition coefficient (Wildman–Crippen LogP) is 3.98. The zero-order chi connectivity index (χ0) is 12.4. The van der Waals surface area contributed by atoms with E-state index in [2.05, 4.69) is 15.9 Å². The highest BCUT2D eigenvalue weighted by Crippen LogP contribution is 2.27. The van der Waals surface area contributed by atoms with Crippen LogP contribution in [0.3, 0.4) is 0 Å². The van der Waals surface area contributed by atoms with Crippen LogP contribution in [-0.4, -0.2) is 5.11 Å². The summed E-state index contributed by atoms with van der Waals surface area (Å²) in [5, 5.41) is 10.2. The number of hydrogen-bond donors (Lipinski definition) is 1. The average Bonchev–Trinajstić information content (AvgIpc) is 2.32. The van der Waals surface area contributed by atoms with Gasteiger partial charge in [-0.2, -0.15) is 0 Å². The number of hydrogen-bond acceptors (Lipinski definition) is 1. The summed E-state index contributed by atoms with van der Waals surface area (Å²) in [5.41, 5.74) is 1.83. The van der Waals surface area contributed by atoms with Crippen molar-refractivity contribution in [2.24, 2.45) is 0 Å². The molecule has 2 aromatic rings. The molecule has 0 radical (unpaired) electrons. The van der Waals surface area contributed by atoms with Gasteiger partial charge >= 0.3 is 0 Å². The molecule has 0 amide bonds. The van der Waals surface area contributed by atoms with E-state index in [1.54, 1.807) is 19.1 Å². The second-order valence-corrected chi connectivity index (χ2v) is 4.83. The Hall–Kier alpha value is -1.19. The Labute approximate surface area is 108 Å². The lowest BCUT2D eigenvalue weighted by atomic mass is 9.97. The van der Waals surface area contributed by atoms with Crippen molar-refractivity contribution in [1.29, 1.82) is 0 Å². The normalized spacial score (nSPS) is 12.5. The van der Waals surface area contributed by atoms with Crippen LogP contribution < -0.4 is 0 Å². The molecule has 2 rings (SSSR count). The minimum absolute atomic E-state index is 0.295. The first kappa shape index (κ1) is 12.3. The maximum atomic E-state index is 13.4. The van der Waals surface area contributed by atoms with Gasteiger partial charge in [0.05, 0.1) is 0 Å². The molecule has 0 bridgehead atoms. The van der Waals surface area contributed by atoms with Gasteiger partial charge in [0.2, 0.25) is 0 Å². The number of aliphatic hydroxyl groups excluding tert-OH is 1. The summed E-state index contributed by atoms with van der Waals surface area (Å²) in [5.74, 6) is -0.295. The van der Waals surface area contributed by atoms with Crippen molar-refractivity contribution in [3.8, 4) is 0 Å². The van der Waals surface area contributed by atoms with Crippen LogP contribution >= 0.6 is 15.9 Å². The van der Waals surface area contributed by atoms with E-state index in [1.807, 2.05) is 24.3 Å². The standard InChI is InChI=1S/C14H12BrFO/c1-9-12(6-3-7-13(9)16)14(17)10-4-2-5-11(15)8-10/h2-8,14,17H,1H3/t14-/m0/s1. The molecule has 3 heteroatoms.